The Hall–Kier alpha value is -3.15. The van der Waals surface area contributed by atoms with Crippen LogP contribution in [0.5, 0.6) is 5.75 Å². The number of carbonyl (C=O) groups is 1. The molecule has 0 radical (unpaired) electrons. The molecule has 1 amide bonds. The number of piperidine rings is 1. The summed E-state index contributed by atoms with van der Waals surface area (Å²) in [6.07, 6.45) is 4.00. The predicted molar refractivity (Wildman–Crippen MR) is 177 cm³/mol. The van der Waals surface area contributed by atoms with Crippen LogP contribution in [0.25, 0.3) is 10.2 Å². The fourth-order valence-electron chi connectivity index (χ4n) is 5.88. The summed E-state index contributed by atoms with van der Waals surface area (Å²) in [4.78, 5) is 29.8. The molecular formula is C31H35Cl2N7O2S. The molecule has 2 aliphatic heterocycles. The molecule has 2 aromatic heterocycles. The number of anilines is 4. The molecule has 43 heavy (non-hydrogen) atoms. The van der Waals surface area contributed by atoms with Gasteiger partial charge in [0.05, 0.1) is 33.6 Å². The number of halogens is 2. The molecule has 0 atom stereocenters. The Labute approximate surface area is 265 Å². The van der Waals surface area contributed by atoms with Crippen molar-refractivity contribution in [1.29, 1.82) is 0 Å². The summed E-state index contributed by atoms with van der Waals surface area (Å²) in [6, 6.07) is 10.9. The van der Waals surface area contributed by atoms with Gasteiger partial charge in [0.25, 0.3) is 5.91 Å². The average molecular weight is 641 g/mol. The summed E-state index contributed by atoms with van der Waals surface area (Å²) in [6.45, 7) is 8.52. The summed E-state index contributed by atoms with van der Waals surface area (Å²) in [5.74, 6) is 0.707. The van der Waals surface area contributed by atoms with E-state index in [9.17, 15) is 4.79 Å². The molecule has 2 saturated heterocycles. The number of hydrogen-bond donors (Lipinski definition) is 2. The maximum absolute atomic E-state index is 13.3. The molecule has 0 saturated carbocycles. The molecule has 0 spiro atoms. The van der Waals surface area contributed by atoms with Crippen molar-refractivity contribution in [3.05, 3.63) is 63.2 Å². The van der Waals surface area contributed by atoms with Gasteiger partial charge < -0.3 is 25.2 Å². The summed E-state index contributed by atoms with van der Waals surface area (Å²) in [7, 11) is 3.73. The van der Waals surface area contributed by atoms with E-state index in [0.29, 0.717) is 33.4 Å². The zero-order valence-corrected chi connectivity index (χ0v) is 26.8. The van der Waals surface area contributed by atoms with Gasteiger partial charge >= 0.3 is 0 Å². The topological polar surface area (TPSA) is 85.9 Å². The number of amides is 1. The van der Waals surface area contributed by atoms with E-state index in [0.717, 1.165) is 48.2 Å². The van der Waals surface area contributed by atoms with Gasteiger partial charge in [-0.3, -0.25) is 9.69 Å². The fraction of sp³-hybridized carbons (Fsp3) is 0.387. The Morgan fingerprint density at radius 3 is 2.44 bits per heavy atom. The molecule has 0 aliphatic carbocycles. The van der Waals surface area contributed by atoms with Gasteiger partial charge in [-0.1, -0.05) is 23.2 Å². The summed E-state index contributed by atoms with van der Waals surface area (Å²) in [5, 5.41) is 8.63. The second-order valence-electron chi connectivity index (χ2n) is 11.1. The Kier molecular flexibility index (Phi) is 8.93. The molecule has 6 rings (SSSR count). The molecule has 4 heterocycles. The number of fused-ring (bicyclic) bond motifs is 1. The van der Waals surface area contributed by atoms with Gasteiger partial charge in [-0.2, -0.15) is 0 Å². The number of nitrogens with one attached hydrogen (secondary N) is 2. The maximum Gasteiger partial charge on any atom is 0.258 e. The van der Waals surface area contributed by atoms with Crippen molar-refractivity contribution in [2.45, 2.75) is 25.8 Å². The van der Waals surface area contributed by atoms with E-state index in [1.54, 1.807) is 11.4 Å². The summed E-state index contributed by atoms with van der Waals surface area (Å²) >= 11 is 14.3. The number of aryl methyl sites for hydroxylation is 1. The number of aromatic nitrogens is 2. The number of carbonyl (C=O) groups excluding carboxylic acids is 1. The van der Waals surface area contributed by atoms with Crippen LogP contribution in [0.1, 0.15) is 28.8 Å². The molecule has 2 N–H and O–H groups in total. The second kappa shape index (κ2) is 12.8. The van der Waals surface area contributed by atoms with Crippen LogP contribution in [0.2, 0.25) is 10.0 Å². The zero-order valence-electron chi connectivity index (χ0n) is 24.5. The van der Waals surface area contributed by atoms with Crippen molar-refractivity contribution in [1.82, 2.24) is 19.8 Å². The lowest BCUT2D eigenvalue weighted by Crippen LogP contribution is -2.52. The number of nitrogens with zero attached hydrogens (tertiary/aromatic N) is 5. The summed E-state index contributed by atoms with van der Waals surface area (Å²) in [5.41, 5.74) is 4.14. The van der Waals surface area contributed by atoms with Crippen LogP contribution in [0.4, 0.5) is 22.9 Å². The standard InChI is InChI=1S/C31H35Cl2N7O2S/c1-19-16-24(42-3)26(33)28(25(19)32)37-31(41)23-17-43-29-27(23)34-18-35-30(29)36-20-4-6-21(7-5-20)39-12-14-40(15-13-39)22-8-10-38(2)11-9-22/h4-7,16-18,22H,8-15H2,1-3H3,(H,37,41)(H,34,35,36). The first-order valence-electron chi connectivity index (χ1n) is 14.4. The average Bonchev–Trinajstić information content (AvgIpc) is 3.47. The number of benzene rings is 2. The van der Waals surface area contributed by atoms with E-state index in [-0.39, 0.29) is 10.9 Å². The van der Waals surface area contributed by atoms with Crippen molar-refractivity contribution < 1.29 is 9.53 Å². The highest BCUT2D eigenvalue weighted by Gasteiger charge is 2.27. The third-order valence-corrected chi connectivity index (χ3v) is 10.3. The fourth-order valence-corrected chi connectivity index (χ4v) is 7.34. The lowest BCUT2D eigenvalue weighted by Gasteiger charge is -2.42. The number of ether oxygens (including phenoxy) is 1. The van der Waals surface area contributed by atoms with Crippen LogP contribution < -0.4 is 20.3 Å². The van der Waals surface area contributed by atoms with Crippen LogP contribution in [0.3, 0.4) is 0 Å². The molecular weight excluding hydrogens is 605 g/mol. The smallest absolute Gasteiger partial charge is 0.258 e. The molecule has 0 bridgehead atoms. The highest BCUT2D eigenvalue weighted by atomic mass is 35.5. The molecule has 2 aliphatic rings. The largest absolute Gasteiger partial charge is 0.495 e. The third-order valence-electron chi connectivity index (χ3n) is 8.42. The van der Waals surface area contributed by atoms with Crippen LogP contribution in [-0.4, -0.2) is 85.1 Å². The quantitative estimate of drug-likeness (QED) is 0.236. The second-order valence-corrected chi connectivity index (χ2v) is 12.8. The van der Waals surface area contributed by atoms with Crippen molar-refractivity contribution in [2.24, 2.45) is 0 Å². The monoisotopic (exact) mass is 639 g/mol. The maximum atomic E-state index is 13.3. The number of hydrogen-bond acceptors (Lipinski definition) is 9. The van der Waals surface area contributed by atoms with E-state index in [1.807, 2.05) is 6.92 Å². The highest BCUT2D eigenvalue weighted by Crippen LogP contribution is 2.41. The third kappa shape index (κ3) is 6.25. The SMILES string of the molecule is COc1cc(C)c(Cl)c(NC(=O)c2csc3c(Nc4ccc(N5CCN(C6CCN(C)CC6)CC5)cc4)ncnc23)c1Cl. The Balaban J connectivity index is 1.12. The van der Waals surface area contributed by atoms with E-state index in [2.05, 4.69) is 66.6 Å². The van der Waals surface area contributed by atoms with E-state index < -0.39 is 0 Å². The minimum absolute atomic E-state index is 0.241. The zero-order chi connectivity index (χ0) is 30.1. The van der Waals surface area contributed by atoms with Crippen LogP contribution >= 0.6 is 34.5 Å². The van der Waals surface area contributed by atoms with Gasteiger partial charge in [-0.25, -0.2) is 9.97 Å². The molecule has 2 fully saturated rings. The van der Waals surface area contributed by atoms with E-state index in [4.69, 9.17) is 27.9 Å². The first-order chi connectivity index (χ1) is 20.8. The number of rotatable bonds is 7. The first-order valence-corrected chi connectivity index (χ1v) is 16.1. The Bertz CT molecular complexity index is 1610. The first kappa shape index (κ1) is 29.9. The summed E-state index contributed by atoms with van der Waals surface area (Å²) < 4.78 is 6.11. The van der Waals surface area contributed by atoms with E-state index in [1.165, 1.54) is 56.4 Å². The Morgan fingerprint density at radius 2 is 1.74 bits per heavy atom. The Morgan fingerprint density at radius 1 is 1.02 bits per heavy atom. The predicted octanol–water partition coefficient (Wildman–Crippen LogP) is 6.53. The van der Waals surface area contributed by atoms with Crippen LogP contribution in [0.15, 0.2) is 42.0 Å². The number of likely N-dealkylation sites (tertiary alicyclic amines) is 1. The molecule has 2 aromatic carbocycles. The van der Waals surface area contributed by atoms with E-state index >= 15 is 0 Å². The molecule has 226 valence electrons. The van der Waals surface area contributed by atoms with Gasteiger partial charge in [-0.15, -0.1) is 11.3 Å². The van der Waals surface area contributed by atoms with Gasteiger partial charge in [0.1, 0.15) is 17.1 Å². The lowest BCUT2D eigenvalue weighted by molar-refractivity contribution is 0.102. The molecule has 9 nitrogen and oxygen atoms in total. The van der Waals surface area contributed by atoms with Gasteiger partial charge in [0.2, 0.25) is 0 Å². The number of methoxy groups -OCH3 is 1. The highest BCUT2D eigenvalue weighted by molar-refractivity contribution is 7.18. The van der Waals surface area contributed by atoms with Gasteiger partial charge in [0.15, 0.2) is 5.82 Å². The van der Waals surface area contributed by atoms with Crippen LogP contribution in [-0.2, 0) is 0 Å². The van der Waals surface area contributed by atoms with Gasteiger partial charge in [-0.05, 0) is 75.8 Å². The molecule has 0 unspecified atom stereocenters. The molecule has 4 aromatic rings. The van der Waals surface area contributed by atoms with Gasteiger partial charge in [0, 0.05) is 49.0 Å². The van der Waals surface area contributed by atoms with Crippen molar-refractivity contribution in [3.63, 3.8) is 0 Å². The molecule has 12 heteroatoms. The van der Waals surface area contributed by atoms with Crippen molar-refractivity contribution >= 4 is 73.5 Å². The normalized spacial score (nSPS) is 16.9. The van der Waals surface area contributed by atoms with Crippen molar-refractivity contribution in [3.8, 4) is 5.75 Å². The minimum Gasteiger partial charge on any atom is -0.495 e. The number of piperazine rings is 1. The van der Waals surface area contributed by atoms with Crippen molar-refractivity contribution in [2.75, 3.05) is 69.0 Å². The van der Waals surface area contributed by atoms with Crippen LogP contribution in [0, 0.1) is 6.92 Å². The number of thiophene rings is 1. The minimum atomic E-state index is -0.368. The lowest BCUT2D eigenvalue weighted by atomic mass is 10.0.